The van der Waals surface area contributed by atoms with E-state index in [0.29, 0.717) is 12.1 Å². The highest BCUT2D eigenvalue weighted by molar-refractivity contribution is 7.10. The van der Waals surface area contributed by atoms with Crippen molar-refractivity contribution in [3.8, 4) is 0 Å². The number of nitrogens with zero attached hydrogens (tertiary/aromatic N) is 1. The van der Waals surface area contributed by atoms with Crippen LogP contribution in [0.4, 0.5) is 0 Å². The molecular weight excluding hydrogens is 252 g/mol. The van der Waals surface area contributed by atoms with E-state index >= 15 is 0 Å². The van der Waals surface area contributed by atoms with Crippen molar-refractivity contribution in [3.63, 3.8) is 0 Å². The Balaban J connectivity index is 1.43. The van der Waals surface area contributed by atoms with Crippen molar-refractivity contribution in [1.82, 2.24) is 10.2 Å². The first kappa shape index (κ1) is 12.4. The molecule has 104 valence electrons. The fraction of sp³-hybridized carbons (Fsp3) is 0.750. The summed E-state index contributed by atoms with van der Waals surface area (Å²) < 4.78 is 0. The maximum absolute atomic E-state index is 3.97. The highest BCUT2D eigenvalue weighted by atomic mass is 32.1. The standard InChI is InChI=1S/C16H24N2S/c1-11-9-12(10-18(11)13-5-6-13)17-15-3-2-4-16-14(15)7-8-19-16/h7-8,11-13,15,17H,2-6,9-10H2,1H3. The van der Waals surface area contributed by atoms with E-state index < -0.39 is 0 Å². The lowest BCUT2D eigenvalue weighted by Crippen LogP contribution is -2.37. The molecule has 2 fully saturated rings. The molecule has 1 aromatic rings. The van der Waals surface area contributed by atoms with E-state index in [1.807, 2.05) is 11.3 Å². The van der Waals surface area contributed by atoms with Gasteiger partial charge in [0.2, 0.25) is 0 Å². The molecule has 0 bridgehead atoms. The summed E-state index contributed by atoms with van der Waals surface area (Å²) in [6.45, 7) is 3.69. The monoisotopic (exact) mass is 276 g/mol. The molecule has 1 N–H and O–H groups in total. The highest BCUT2D eigenvalue weighted by Gasteiger charge is 2.39. The summed E-state index contributed by atoms with van der Waals surface area (Å²) in [5, 5.41) is 6.24. The van der Waals surface area contributed by atoms with E-state index in [-0.39, 0.29) is 0 Å². The Morgan fingerprint density at radius 1 is 1.32 bits per heavy atom. The van der Waals surface area contributed by atoms with Gasteiger partial charge in [-0.2, -0.15) is 0 Å². The molecule has 2 nitrogen and oxygen atoms in total. The number of fused-ring (bicyclic) bond motifs is 1. The summed E-state index contributed by atoms with van der Waals surface area (Å²) in [5.41, 5.74) is 1.61. The summed E-state index contributed by atoms with van der Waals surface area (Å²) in [6, 6.07) is 5.41. The smallest absolute Gasteiger partial charge is 0.0334 e. The second kappa shape index (κ2) is 4.87. The molecule has 0 radical (unpaired) electrons. The molecule has 4 rings (SSSR count). The molecule has 1 aliphatic heterocycles. The Hall–Kier alpha value is -0.380. The number of thiophene rings is 1. The summed E-state index contributed by atoms with van der Waals surface area (Å²) in [7, 11) is 0. The van der Waals surface area contributed by atoms with Gasteiger partial charge in [0.15, 0.2) is 0 Å². The third-order valence-electron chi connectivity index (χ3n) is 5.13. The molecule has 1 saturated carbocycles. The van der Waals surface area contributed by atoms with Crippen LogP contribution in [0.1, 0.15) is 55.5 Å². The SMILES string of the molecule is CC1CC(NC2CCCc3sccc32)CN1C1CC1. The Kier molecular flexibility index (Phi) is 3.17. The van der Waals surface area contributed by atoms with E-state index in [0.717, 1.165) is 12.1 Å². The Morgan fingerprint density at radius 2 is 2.21 bits per heavy atom. The predicted molar refractivity (Wildman–Crippen MR) is 80.7 cm³/mol. The third-order valence-corrected chi connectivity index (χ3v) is 6.12. The summed E-state index contributed by atoms with van der Waals surface area (Å²) in [4.78, 5) is 4.38. The van der Waals surface area contributed by atoms with Crippen molar-refractivity contribution in [1.29, 1.82) is 0 Å². The van der Waals surface area contributed by atoms with Crippen LogP contribution in [0.15, 0.2) is 11.4 Å². The molecule has 1 aromatic heterocycles. The van der Waals surface area contributed by atoms with E-state index in [1.165, 1.54) is 45.1 Å². The minimum Gasteiger partial charge on any atom is -0.306 e. The first-order chi connectivity index (χ1) is 9.31. The van der Waals surface area contributed by atoms with Gasteiger partial charge in [0.25, 0.3) is 0 Å². The lowest BCUT2D eigenvalue weighted by molar-refractivity contribution is 0.253. The number of hydrogen-bond acceptors (Lipinski definition) is 3. The summed E-state index contributed by atoms with van der Waals surface area (Å²) in [5.74, 6) is 0. The number of aryl methyl sites for hydroxylation is 1. The first-order valence-corrected chi connectivity index (χ1v) is 8.77. The lowest BCUT2D eigenvalue weighted by Gasteiger charge is -2.27. The second-order valence-electron chi connectivity index (χ2n) is 6.62. The summed E-state index contributed by atoms with van der Waals surface area (Å²) >= 11 is 1.95. The van der Waals surface area contributed by atoms with Crippen LogP contribution in [-0.4, -0.2) is 29.6 Å². The van der Waals surface area contributed by atoms with Gasteiger partial charge in [0, 0.05) is 35.6 Å². The van der Waals surface area contributed by atoms with Crippen LogP contribution in [-0.2, 0) is 6.42 Å². The lowest BCUT2D eigenvalue weighted by atomic mass is 9.93. The number of likely N-dealkylation sites (tertiary alicyclic amines) is 1. The average Bonchev–Trinajstić information content (AvgIpc) is 3.00. The van der Waals surface area contributed by atoms with Crippen molar-refractivity contribution in [2.45, 2.75) is 69.6 Å². The minimum absolute atomic E-state index is 0.631. The Morgan fingerprint density at radius 3 is 3.05 bits per heavy atom. The van der Waals surface area contributed by atoms with Crippen molar-refractivity contribution in [2.24, 2.45) is 0 Å². The first-order valence-electron chi connectivity index (χ1n) is 7.89. The van der Waals surface area contributed by atoms with Crippen LogP contribution in [0.25, 0.3) is 0 Å². The van der Waals surface area contributed by atoms with Gasteiger partial charge in [0.1, 0.15) is 0 Å². The van der Waals surface area contributed by atoms with E-state index in [1.54, 1.807) is 10.4 Å². The highest BCUT2D eigenvalue weighted by Crippen LogP contribution is 2.36. The van der Waals surface area contributed by atoms with Crippen molar-refractivity contribution in [2.75, 3.05) is 6.54 Å². The molecule has 3 heteroatoms. The maximum atomic E-state index is 3.97. The third kappa shape index (κ3) is 2.37. The van der Waals surface area contributed by atoms with Crippen LogP contribution >= 0.6 is 11.3 Å². The second-order valence-corrected chi connectivity index (χ2v) is 7.62. The Labute approximate surface area is 120 Å². The van der Waals surface area contributed by atoms with Gasteiger partial charge >= 0.3 is 0 Å². The fourth-order valence-electron chi connectivity index (χ4n) is 4.04. The quantitative estimate of drug-likeness (QED) is 0.911. The number of rotatable bonds is 3. The van der Waals surface area contributed by atoms with Crippen LogP contribution in [0.2, 0.25) is 0 Å². The van der Waals surface area contributed by atoms with Crippen LogP contribution < -0.4 is 5.32 Å². The maximum Gasteiger partial charge on any atom is 0.0334 e. The molecular formula is C16H24N2S. The van der Waals surface area contributed by atoms with Gasteiger partial charge in [-0.25, -0.2) is 0 Å². The van der Waals surface area contributed by atoms with Crippen molar-refractivity contribution < 1.29 is 0 Å². The Bertz CT molecular complexity index is 451. The van der Waals surface area contributed by atoms with Crippen molar-refractivity contribution in [3.05, 3.63) is 21.9 Å². The normalized spacial score (nSPS) is 35.5. The van der Waals surface area contributed by atoms with Gasteiger partial charge in [-0.05, 0) is 62.5 Å². The molecule has 0 aromatic carbocycles. The largest absolute Gasteiger partial charge is 0.306 e. The molecule has 19 heavy (non-hydrogen) atoms. The van der Waals surface area contributed by atoms with Gasteiger partial charge in [0.05, 0.1) is 0 Å². The molecule has 3 atom stereocenters. The molecule has 1 saturated heterocycles. The van der Waals surface area contributed by atoms with E-state index in [4.69, 9.17) is 0 Å². The molecule has 2 aliphatic carbocycles. The number of nitrogens with one attached hydrogen (secondary N) is 1. The molecule has 3 unspecified atom stereocenters. The predicted octanol–water partition coefficient (Wildman–Crippen LogP) is 3.34. The van der Waals surface area contributed by atoms with Crippen molar-refractivity contribution >= 4 is 11.3 Å². The van der Waals surface area contributed by atoms with E-state index in [9.17, 15) is 0 Å². The van der Waals surface area contributed by atoms with Gasteiger partial charge < -0.3 is 5.32 Å². The molecule has 0 spiro atoms. The average molecular weight is 276 g/mol. The van der Waals surface area contributed by atoms with Gasteiger partial charge in [-0.15, -0.1) is 11.3 Å². The molecule has 0 amide bonds. The zero-order valence-corrected chi connectivity index (χ0v) is 12.6. The minimum atomic E-state index is 0.631. The zero-order valence-electron chi connectivity index (χ0n) is 11.8. The van der Waals surface area contributed by atoms with Gasteiger partial charge in [-0.3, -0.25) is 4.90 Å². The van der Waals surface area contributed by atoms with Crippen LogP contribution in [0.3, 0.4) is 0 Å². The summed E-state index contributed by atoms with van der Waals surface area (Å²) in [6.07, 6.45) is 8.22. The van der Waals surface area contributed by atoms with E-state index in [2.05, 4.69) is 28.6 Å². The van der Waals surface area contributed by atoms with Gasteiger partial charge in [-0.1, -0.05) is 0 Å². The fourth-order valence-corrected chi connectivity index (χ4v) is 5.02. The number of hydrogen-bond donors (Lipinski definition) is 1. The van der Waals surface area contributed by atoms with Crippen LogP contribution in [0, 0.1) is 0 Å². The topological polar surface area (TPSA) is 15.3 Å². The molecule has 2 heterocycles. The van der Waals surface area contributed by atoms with Crippen LogP contribution in [0.5, 0.6) is 0 Å². The molecule has 3 aliphatic rings. The zero-order chi connectivity index (χ0) is 12.8.